The van der Waals surface area contributed by atoms with Gasteiger partial charge in [-0.3, -0.25) is 4.79 Å². The van der Waals surface area contributed by atoms with Crippen LogP contribution >= 0.6 is 0 Å². The van der Waals surface area contributed by atoms with E-state index in [2.05, 4.69) is 27.4 Å². The molecule has 3 aromatic rings. The van der Waals surface area contributed by atoms with E-state index in [0.717, 1.165) is 40.9 Å². The van der Waals surface area contributed by atoms with Gasteiger partial charge in [-0.2, -0.15) is 0 Å². The van der Waals surface area contributed by atoms with Gasteiger partial charge >= 0.3 is 0 Å². The Kier molecular flexibility index (Phi) is 4.98. The van der Waals surface area contributed by atoms with E-state index in [1.165, 1.54) is 6.33 Å². The molecule has 0 unspecified atom stereocenters. The maximum Gasteiger partial charge on any atom is 0.227 e. The second kappa shape index (κ2) is 7.72. The Labute approximate surface area is 157 Å². The van der Waals surface area contributed by atoms with Crippen molar-refractivity contribution in [2.24, 2.45) is 5.92 Å². The number of aromatic nitrogens is 2. The minimum Gasteiger partial charge on any atom is -0.395 e. The molecule has 1 saturated heterocycles. The van der Waals surface area contributed by atoms with Crippen LogP contribution in [0.5, 0.6) is 0 Å². The van der Waals surface area contributed by atoms with Crippen LogP contribution in [0.4, 0.5) is 11.5 Å². The predicted molar refractivity (Wildman–Crippen MR) is 106 cm³/mol. The van der Waals surface area contributed by atoms with Crippen molar-refractivity contribution >= 4 is 28.3 Å². The fraction of sp³-hybridized carbons (Fsp3) is 0.286. The van der Waals surface area contributed by atoms with E-state index in [4.69, 9.17) is 5.11 Å². The molecule has 0 spiro atoms. The fourth-order valence-corrected chi connectivity index (χ4v) is 3.66. The molecule has 1 aliphatic heterocycles. The van der Waals surface area contributed by atoms with E-state index in [-0.39, 0.29) is 18.4 Å². The molecule has 1 aliphatic rings. The van der Waals surface area contributed by atoms with Crippen molar-refractivity contribution in [1.82, 2.24) is 9.97 Å². The third-order valence-corrected chi connectivity index (χ3v) is 4.90. The van der Waals surface area contributed by atoms with Gasteiger partial charge in [-0.1, -0.05) is 24.3 Å². The number of benzene rings is 2. The number of aliphatic hydroxyl groups excluding tert-OH is 1. The van der Waals surface area contributed by atoms with Crippen molar-refractivity contribution in [1.29, 1.82) is 0 Å². The molecule has 0 bridgehead atoms. The van der Waals surface area contributed by atoms with Crippen LogP contribution in [0.25, 0.3) is 10.9 Å². The first kappa shape index (κ1) is 17.4. The molecule has 2 N–H and O–H groups in total. The molecule has 0 radical (unpaired) electrons. The highest BCUT2D eigenvalue weighted by atomic mass is 16.3. The number of hydrogen-bond acceptors (Lipinski definition) is 5. The van der Waals surface area contributed by atoms with Crippen LogP contribution in [0, 0.1) is 5.92 Å². The monoisotopic (exact) mass is 362 g/mol. The smallest absolute Gasteiger partial charge is 0.227 e. The SMILES string of the molecule is O=C1C[C@H](Cc2ccc3ncnc(NCCO)c3c2)CN1c1ccccc1. The molecule has 0 aliphatic carbocycles. The Morgan fingerprint density at radius 3 is 2.81 bits per heavy atom. The Morgan fingerprint density at radius 1 is 1.15 bits per heavy atom. The summed E-state index contributed by atoms with van der Waals surface area (Å²) in [6.45, 7) is 1.23. The van der Waals surface area contributed by atoms with Gasteiger partial charge in [0.1, 0.15) is 12.1 Å². The van der Waals surface area contributed by atoms with Crippen molar-refractivity contribution in [3.05, 3.63) is 60.4 Å². The van der Waals surface area contributed by atoms with Gasteiger partial charge in [-0.05, 0) is 42.2 Å². The van der Waals surface area contributed by atoms with Crippen LogP contribution in [0.2, 0.25) is 0 Å². The second-order valence-electron chi connectivity index (χ2n) is 6.84. The number of carbonyl (C=O) groups excluding carboxylic acids is 1. The minimum absolute atomic E-state index is 0.0463. The zero-order chi connectivity index (χ0) is 18.6. The van der Waals surface area contributed by atoms with E-state index in [1.54, 1.807) is 0 Å². The van der Waals surface area contributed by atoms with Crippen LogP contribution in [0.3, 0.4) is 0 Å². The molecule has 6 heteroatoms. The molecule has 2 aromatic carbocycles. The van der Waals surface area contributed by atoms with Crippen LogP contribution in [-0.2, 0) is 11.2 Å². The molecule has 2 heterocycles. The Balaban J connectivity index is 1.53. The first-order valence-electron chi connectivity index (χ1n) is 9.18. The number of nitrogens with one attached hydrogen (secondary N) is 1. The van der Waals surface area contributed by atoms with Crippen molar-refractivity contribution in [2.45, 2.75) is 12.8 Å². The van der Waals surface area contributed by atoms with Gasteiger partial charge in [-0.15, -0.1) is 0 Å². The van der Waals surface area contributed by atoms with Crippen LogP contribution in [0.1, 0.15) is 12.0 Å². The Hall–Kier alpha value is -2.99. The molecule has 1 atom stereocenters. The number of aliphatic hydroxyl groups is 1. The second-order valence-corrected chi connectivity index (χ2v) is 6.84. The maximum absolute atomic E-state index is 12.4. The Morgan fingerprint density at radius 2 is 2.00 bits per heavy atom. The van der Waals surface area contributed by atoms with Gasteiger partial charge in [0.15, 0.2) is 0 Å². The predicted octanol–water partition coefficient (Wildman–Crippen LogP) is 2.63. The summed E-state index contributed by atoms with van der Waals surface area (Å²) in [5.41, 5.74) is 2.99. The number of rotatable bonds is 6. The lowest BCUT2D eigenvalue weighted by Crippen LogP contribution is -2.24. The highest BCUT2D eigenvalue weighted by Gasteiger charge is 2.30. The summed E-state index contributed by atoms with van der Waals surface area (Å²) < 4.78 is 0. The molecular weight excluding hydrogens is 340 g/mol. The van der Waals surface area contributed by atoms with Crippen molar-refractivity contribution in [2.75, 3.05) is 29.9 Å². The third kappa shape index (κ3) is 3.75. The Bertz CT molecular complexity index is 945. The zero-order valence-corrected chi connectivity index (χ0v) is 15.0. The van der Waals surface area contributed by atoms with E-state index >= 15 is 0 Å². The highest BCUT2D eigenvalue weighted by molar-refractivity contribution is 5.95. The molecule has 0 saturated carbocycles. The van der Waals surface area contributed by atoms with Gasteiger partial charge < -0.3 is 15.3 Å². The van der Waals surface area contributed by atoms with Gasteiger partial charge in [0.25, 0.3) is 0 Å². The number of anilines is 2. The maximum atomic E-state index is 12.4. The molecule has 6 nitrogen and oxygen atoms in total. The van der Waals surface area contributed by atoms with Crippen molar-refractivity contribution in [3.63, 3.8) is 0 Å². The van der Waals surface area contributed by atoms with E-state index in [0.29, 0.717) is 13.0 Å². The molecule has 27 heavy (non-hydrogen) atoms. The first-order chi connectivity index (χ1) is 13.2. The highest BCUT2D eigenvalue weighted by Crippen LogP contribution is 2.28. The first-order valence-corrected chi connectivity index (χ1v) is 9.18. The van der Waals surface area contributed by atoms with Crippen LogP contribution in [0.15, 0.2) is 54.9 Å². The lowest BCUT2D eigenvalue weighted by molar-refractivity contribution is -0.117. The number of hydrogen-bond donors (Lipinski definition) is 2. The zero-order valence-electron chi connectivity index (χ0n) is 15.0. The number of para-hydroxylation sites is 1. The summed E-state index contributed by atoms with van der Waals surface area (Å²) in [6, 6.07) is 16.0. The van der Waals surface area contributed by atoms with E-state index in [9.17, 15) is 4.79 Å². The standard InChI is InChI=1S/C21H22N4O2/c26-9-8-22-21-18-11-15(6-7-19(18)23-14-24-21)10-16-12-20(27)25(13-16)17-4-2-1-3-5-17/h1-7,11,14,16,26H,8-10,12-13H2,(H,22,23,24)/t16-/m0/s1. The summed E-state index contributed by atoms with van der Waals surface area (Å²) in [7, 11) is 0. The average Bonchev–Trinajstić information content (AvgIpc) is 3.07. The molecule has 1 amide bonds. The molecule has 4 rings (SSSR count). The van der Waals surface area contributed by atoms with Gasteiger partial charge in [0.05, 0.1) is 12.1 Å². The third-order valence-electron chi connectivity index (χ3n) is 4.90. The number of amides is 1. The summed E-state index contributed by atoms with van der Waals surface area (Å²) >= 11 is 0. The summed E-state index contributed by atoms with van der Waals surface area (Å²) in [6.07, 6.45) is 2.92. The van der Waals surface area contributed by atoms with Gasteiger partial charge in [0, 0.05) is 30.6 Å². The quantitative estimate of drug-likeness (QED) is 0.705. The molecule has 1 aromatic heterocycles. The van der Waals surface area contributed by atoms with Gasteiger partial charge in [0.2, 0.25) is 5.91 Å². The normalized spacial score (nSPS) is 16.9. The summed E-state index contributed by atoms with van der Waals surface area (Å²) in [5, 5.41) is 13.1. The fourth-order valence-electron chi connectivity index (χ4n) is 3.66. The number of carbonyl (C=O) groups is 1. The van der Waals surface area contributed by atoms with E-state index in [1.807, 2.05) is 41.3 Å². The van der Waals surface area contributed by atoms with Crippen LogP contribution < -0.4 is 10.2 Å². The van der Waals surface area contributed by atoms with Crippen LogP contribution in [-0.4, -0.2) is 40.7 Å². The summed E-state index contributed by atoms with van der Waals surface area (Å²) in [4.78, 5) is 22.9. The minimum atomic E-state index is 0.0463. The topological polar surface area (TPSA) is 78.3 Å². The molecule has 1 fully saturated rings. The lowest BCUT2D eigenvalue weighted by Gasteiger charge is -2.17. The van der Waals surface area contributed by atoms with Crippen molar-refractivity contribution in [3.8, 4) is 0 Å². The molecular formula is C21H22N4O2. The number of fused-ring (bicyclic) bond motifs is 1. The number of nitrogens with zero attached hydrogens (tertiary/aromatic N) is 3. The van der Waals surface area contributed by atoms with Crippen molar-refractivity contribution < 1.29 is 9.90 Å². The largest absolute Gasteiger partial charge is 0.395 e. The lowest BCUT2D eigenvalue weighted by atomic mass is 9.97. The van der Waals surface area contributed by atoms with E-state index < -0.39 is 0 Å². The molecule has 138 valence electrons. The van der Waals surface area contributed by atoms with Gasteiger partial charge in [-0.25, -0.2) is 9.97 Å². The summed E-state index contributed by atoms with van der Waals surface area (Å²) in [5.74, 6) is 1.19. The average molecular weight is 362 g/mol.